The van der Waals surface area contributed by atoms with Crippen molar-refractivity contribution in [2.45, 2.75) is 53.5 Å². The van der Waals surface area contributed by atoms with E-state index in [1.165, 1.54) is 0 Å². The summed E-state index contributed by atoms with van der Waals surface area (Å²) in [5.41, 5.74) is -0.592. The summed E-state index contributed by atoms with van der Waals surface area (Å²) < 4.78 is 21.4. The van der Waals surface area contributed by atoms with Gasteiger partial charge in [-0.15, -0.1) is 0 Å². The van der Waals surface area contributed by atoms with Crippen molar-refractivity contribution in [3.05, 3.63) is 0 Å². The van der Waals surface area contributed by atoms with Gasteiger partial charge in [-0.2, -0.15) is 0 Å². The van der Waals surface area contributed by atoms with E-state index >= 15 is 0 Å². The van der Waals surface area contributed by atoms with Gasteiger partial charge in [0.2, 0.25) is 11.8 Å². The van der Waals surface area contributed by atoms with E-state index in [4.69, 9.17) is 18.9 Å². The predicted molar refractivity (Wildman–Crippen MR) is 108 cm³/mol. The van der Waals surface area contributed by atoms with Crippen LogP contribution in [0.3, 0.4) is 0 Å². The van der Waals surface area contributed by atoms with Crippen LogP contribution in [0.15, 0.2) is 0 Å². The van der Waals surface area contributed by atoms with Gasteiger partial charge >= 0.3 is 0 Å². The fourth-order valence-corrected chi connectivity index (χ4v) is 1.83. The lowest BCUT2D eigenvalue weighted by Crippen LogP contribution is -2.44. The molecule has 0 rings (SSSR count). The Morgan fingerprint density at radius 1 is 0.750 bits per heavy atom. The van der Waals surface area contributed by atoms with Gasteiger partial charge in [0, 0.05) is 17.5 Å². The number of carbonyl (C=O) groups is 2. The first-order chi connectivity index (χ1) is 13.1. The van der Waals surface area contributed by atoms with Crippen LogP contribution in [0.1, 0.15) is 48.0 Å². The molecule has 0 aliphatic rings. The number of hydrogen-bond acceptors (Lipinski definition) is 6. The number of amides is 2. The second kappa shape index (κ2) is 14.7. The van der Waals surface area contributed by atoms with E-state index in [0.717, 1.165) is 6.42 Å². The van der Waals surface area contributed by atoms with E-state index in [0.29, 0.717) is 52.8 Å². The monoisotopic (exact) mass is 404 g/mol. The molecule has 0 bridgehead atoms. The molecule has 166 valence electrons. The standard InChI is InChI=1S/C20H40N2O6/c1-7-20(5,6)22-17(23)16-28-15-14-27-13-12-26-11-10-25-9-8-21-18(24)19(2,3)4/h7-16H2,1-6H3,(H,21,24)(H,22,23). The van der Waals surface area contributed by atoms with Gasteiger partial charge in [-0.1, -0.05) is 27.7 Å². The molecule has 2 N–H and O–H groups in total. The molecule has 0 saturated carbocycles. The molecule has 0 saturated heterocycles. The zero-order valence-electron chi connectivity index (χ0n) is 18.5. The number of nitrogens with one attached hydrogen (secondary N) is 2. The van der Waals surface area contributed by atoms with E-state index in [1.807, 2.05) is 41.5 Å². The van der Waals surface area contributed by atoms with Crippen molar-refractivity contribution in [1.29, 1.82) is 0 Å². The second-order valence-corrected chi connectivity index (χ2v) is 8.18. The van der Waals surface area contributed by atoms with Crippen molar-refractivity contribution in [1.82, 2.24) is 10.6 Å². The highest BCUT2D eigenvalue weighted by molar-refractivity contribution is 5.81. The minimum atomic E-state index is -0.382. The van der Waals surface area contributed by atoms with Crippen LogP contribution in [0.4, 0.5) is 0 Å². The summed E-state index contributed by atoms with van der Waals surface area (Å²) >= 11 is 0. The van der Waals surface area contributed by atoms with E-state index in [2.05, 4.69) is 10.6 Å². The Bertz CT molecular complexity index is 435. The van der Waals surface area contributed by atoms with Gasteiger partial charge in [-0.05, 0) is 20.3 Å². The Morgan fingerprint density at radius 3 is 1.68 bits per heavy atom. The third kappa shape index (κ3) is 15.8. The Hall–Kier alpha value is -1.22. The summed E-state index contributed by atoms with van der Waals surface area (Å²) in [6, 6.07) is 0. The Balaban J connectivity index is 3.32. The molecule has 0 fully saturated rings. The molecule has 2 amide bonds. The summed E-state index contributed by atoms with van der Waals surface area (Å²) in [5.74, 6) is -0.105. The van der Waals surface area contributed by atoms with Gasteiger partial charge < -0.3 is 29.6 Å². The smallest absolute Gasteiger partial charge is 0.246 e. The SMILES string of the molecule is CCC(C)(C)NC(=O)COCCOCCOCCOCCNC(=O)C(C)(C)C. The van der Waals surface area contributed by atoms with Crippen LogP contribution in [0.5, 0.6) is 0 Å². The molecule has 0 atom stereocenters. The van der Waals surface area contributed by atoms with E-state index in [-0.39, 0.29) is 29.4 Å². The van der Waals surface area contributed by atoms with Gasteiger partial charge in [-0.25, -0.2) is 0 Å². The van der Waals surface area contributed by atoms with Crippen molar-refractivity contribution in [3.63, 3.8) is 0 Å². The molecule has 0 aliphatic carbocycles. The lowest BCUT2D eigenvalue weighted by Gasteiger charge is -2.24. The minimum absolute atomic E-state index is 0.0129. The van der Waals surface area contributed by atoms with Crippen LogP contribution < -0.4 is 10.6 Å². The van der Waals surface area contributed by atoms with Crippen LogP contribution in [0.25, 0.3) is 0 Å². The molecule has 0 aromatic rings. The van der Waals surface area contributed by atoms with Crippen molar-refractivity contribution in [2.75, 3.05) is 59.4 Å². The maximum absolute atomic E-state index is 11.7. The molecule has 0 radical (unpaired) electrons. The summed E-state index contributed by atoms with van der Waals surface area (Å²) in [7, 11) is 0. The van der Waals surface area contributed by atoms with Gasteiger partial charge in [0.25, 0.3) is 0 Å². The molecule has 0 aromatic carbocycles. The number of carbonyl (C=O) groups excluding carboxylic acids is 2. The fourth-order valence-electron chi connectivity index (χ4n) is 1.83. The third-order valence-electron chi connectivity index (χ3n) is 3.92. The largest absolute Gasteiger partial charge is 0.377 e. The van der Waals surface area contributed by atoms with Crippen LogP contribution in [0.2, 0.25) is 0 Å². The van der Waals surface area contributed by atoms with Gasteiger partial charge in [0.05, 0.1) is 46.2 Å². The average Bonchev–Trinajstić information content (AvgIpc) is 2.60. The van der Waals surface area contributed by atoms with E-state index in [9.17, 15) is 9.59 Å². The number of rotatable bonds is 16. The second-order valence-electron chi connectivity index (χ2n) is 8.18. The van der Waals surface area contributed by atoms with Crippen molar-refractivity contribution < 1.29 is 28.5 Å². The topological polar surface area (TPSA) is 95.1 Å². The molecule has 0 aromatic heterocycles. The molecule has 28 heavy (non-hydrogen) atoms. The van der Waals surface area contributed by atoms with Crippen LogP contribution >= 0.6 is 0 Å². The Morgan fingerprint density at radius 2 is 1.21 bits per heavy atom. The molecule has 0 aliphatic heterocycles. The molecule has 0 unspecified atom stereocenters. The van der Waals surface area contributed by atoms with Crippen molar-refractivity contribution in [3.8, 4) is 0 Å². The van der Waals surface area contributed by atoms with E-state index < -0.39 is 0 Å². The first kappa shape index (κ1) is 26.8. The van der Waals surface area contributed by atoms with E-state index in [1.54, 1.807) is 0 Å². The zero-order valence-corrected chi connectivity index (χ0v) is 18.5. The summed E-state index contributed by atoms with van der Waals surface area (Å²) in [6.07, 6.45) is 0.862. The minimum Gasteiger partial charge on any atom is -0.377 e. The third-order valence-corrected chi connectivity index (χ3v) is 3.92. The Labute approximate surface area is 170 Å². The predicted octanol–water partition coefficient (Wildman–Crippen LogP) is 1.52. The molecule has 0 spiro atoms. The fraction of sp³-hybridized carbons (Fsp3) is 0.900. The van der Waals surface area contributed by atoms with Crippen LogP contribution in [-0.2, 0) is 28.5 Å². The first-order valence-corrected chi connectivity index (χ1v) is 9.99. The summed E-state index contributed by atoms with van der Waals surface area (Å²) in [4.78, 5) is 23.3. The molecular formula is C20H40N2O6. The van der Waals surface area contributed by atoms with Gasteiger partial charge in [-0.3, -0.25) is 9.59 Å². The maximum atomic E-state index is 11.7. The number of hydrogen-bond donors (Lipinski definition) is 2. The lowest BCUT2D eigenvalue weighted by molar-refractivity contribution is -0.129. The lowest BCUT2D eigenvalue weighted by atomic mass is 9.96. The van der Waals surface area contributed by atoms with Crippen molar-refractivity contribution >= 4 is 11.8 Å². The molecular weight excluding hydrogens is 364 g/mol. The van der Waals surface area contributed by atoms with Crippen molar-refractivity contribution in [2.24, 2.45) is 5.41 Å². The quantitative estimate of drug-likeness (QED) is 0.379. The Kier molecular flexibility index (Phi) is 14.1. The summed E-state index contributed by atoms with van der Waals surface area (Å²) in [6.45, 7) is 15.2. The first-order valence-electron chi connectivity index (χ1n) is 9.99. The molecule has 0 heterocycles. The number of ether oxygens (including phenoxy) is 4. The molecule has 8 heteroatoms. The molecule has 8 nitrogen and oxygen atoms in total. The van der Waals surface area contributed by atoms with Crippen LogP contribution in [0, 0.1) is 5.41 Å². The zero-order chi connectivity index (χ0) is 21.5. The van der Waals surface area contributed by atoms with Gasteiger partial charge in [0.1, 0.15) is 6.61 Å². The highest BCUT2D eigenvalue weighted by Gasteiger charge is 2.20. The highest BCUT2D eigenvalue weighted by Crippen LogP contribution is 2.11. The highest BCUT2D eigenvalue weighted by atomic mass is 16.6. The maximum Gasteiger partial charge on any atom is 0.246 e. The summed E-state index contributed by atoms with van der Waals surface area (Å²) in [5, 5.41) is 5.72. The normalized spacial score (nSPS) is 12.1. The van der Waals surface area contributed by atoms with Gasteiger partial charge in [0.15, 0.2) is 0 Å². The van der Waals surface area contributed by atoms with Crippen LogP contribution in [-0.4, -0.2) is 76.8 Å². The average molecular weight is 405 g/mol.